The molecule has 15 heavy (non-hydrogen) atoms. The molecule has 0 saturated heterocycles. The first kappa shape index (κ1) is 13.3. The first-order valence-corrected chi connectivity index (χ1v) is 7.37. The summed E-state index contributed by atoms with van der Waals surface area (Å²) in [5.74, 6) is 1.73. The molecule has 0 aromatic heterocycles. The Kier molecular flexibility index (Phi) is 6.64. The molecule has 0 amide bonds. The fourth-order valence-electron chi connectivity index (χ4n) is 1.26. The molecule has 0 radical (unpaired) electrons. The van der Waals surface area contributed by atoms with Gasteiger partial charge in [-0.25, -0.2) is 0 Å². The molecule has 1 unspecified atom stereocenters. The third kappa shape index (κ3) is 5.20. The second kappa shape index (κ2) is 7.49. The minimum atomic E-state index is 0.728. The highest BCUT2D eigenvalue weighted by Gasteiger charge is 2.03. The van der Waals surface area contributed by atoms with Crippen molar-refractivity contribution < 1.29 is 4.74 Å². The van der Waals surface area contributed by atoms with Crippen LogP contribution in [-0.4, -0.2) is 11.9 Å². The van der Waals surface area contributed by atoms with Crippen molar-refractivity contribution in [2.75, 3.05) is 11.9 Å². The molecule has 0 fully saturated rings. The zero-order valence-corrected chi connectivity index (χ0v) is 12.6. The summed E-state index contributed by atoms with van der Waals surface area (Å²) in [6.07, 6.45) is 2.34. The Morgan fingerprint density at radius 1 is 1.33 bits per heavy atom. The van der Waals surface area contributed by atoms with Crippen molar-refractivity contribution >= 4 is 38.5 Å². The van der Waals surface area contributed by atoms with Gasteiger partial charge in [0, 0.05) is 5.33 Å². The van der Waals surface area contributed by atoms with Crippen molar-refractivity contribution in [2.45, 2.75) is 19.8 Å². The van der Waals surface area contributed by atoms with Gasteiger partial charge in [-0.05, 0) is 53.5 Å². The van der Waals surface area contributed by atoms with Gasteiger partial charge < -0.3 is 4.74 Å². The second-order valence-corrected chi connectivity index (χ2v) is 5.61. The first-order valence-electron chi connectivity index (χ1n) is 5.17. The van der Waals surface area contributed by atoms with Gasteiger partial charge in [0.05, 0.1) is 10.2 Å². The van der Waals surface area contributed by atoms with Crippen LogP contribution in [0.15, 0.2) is 24.3 Å². The average molecular weight is 383 g/mol. The van der Waals surface area contributed by atoms with Crippen LogP contribution in [0, 0.1) is 9.49 Å². The normalized spacial score (nSPS) is 12.5. The van der Waals surface area contributed by atoms with Crippen LogP contribution in [0.2, 0.25) is 0 Å². The van der Waals surface area contributed by atoms with Gasteiger partial charge in [-0.3, -0.25) is 0 Å². The summed E-state index contributed by atoms with van der Waals surface area (Å²) in [6.45, 7) is 3.08. The van der Waals surface area contributed by atoms with E-state index in [-0.39, 0.29) is 0 Å². The quantitative estimate of drug-likeness (QED) is 0.520. The molecule has 0 N–H and O–H groups in total. The molecule has 0 aliphatic heterocycles. The lowest BCUT2D eigenvalue weighted by atomic mass is 10.1. The summed E-state index contributed by atoms with van der Waals surface area (Å²) >= 11 is 5.76. The molecule has 1 rings (SSSR count). The number of para-hydroxylation sites is 1. The van der Waals surface area contributed by atoms with Gasteiger partial charge in [0.25, 0.3) is 0 Å². The molecule has 0 heterocycles. The van der Waals surface area contributed by atoms with Crippen LogP contribution in [0.1, 0.15) is 19.8 Å². The number of benzene rings is 1. The molecule has 1 aromatic rings. The highest BCUT2D eigenvalue weighted by Crippen LogP contribution is 2.20. The van der Waals surface area contributed by atoms with Gasteiger partial charge in [0.2, 0.25) is 0 Å². The van der Waals surface area contributed by atoms with Crippen LogP contribution >= 0.6 is 38.5 Å². The number of rotatable bonds is 6. The molecule has 1 atom stereocenters. The van der Waals surface area contributed by atoms with Gasteiger partial charge >= 0.3 is 0 Å². The minimum absolute atomic E-state index is 0.728. The van der Waals surface area contributed by atoms with Crippen molar-refractivity contribution in [1.82, 2.24) is 0 Å². The van der Waals surface area contributed by atoms with Crippen LogP contribution < -0.4 is 4.74 Å². The van der Waals surface area contributed by atoms with E-state index in [4.69, 9.17) is 4.74 Å². The second-order valence-electron chi connectivity index (χ2n) is 3.65. The Hall–Kier alpha value is 0.230. The predicted molar refractivity (Wildman–Crippen MR) is 76.8 cm³/mol. The summed E-state index contributed by atoms with van der Waals surface area (Å²) in [6, 6.07) is 8.14. The van der Waals surface area contributed by atoms with Gasteiger partial charge in [0.15, 0.2) is 0 Å². The molecule has 84 valence electrons. The lowest BCUT2D eigenvalue weighted by Crippen LogP contribution is -2.05. The van der Waals surface area contributed by atoms with Crippen LogP contribution in [0.5, 0.6) is 5.75 Å². The molecule has 3 heteroatoms. The van der Waals surface area contributed by atoms with E-state index in [1.54, 1.807) is 0 Å². The smallest absolute Gasteiger partial charge is 0.132 e. The zero-order valence-electron chi connectivity index (χ0n) is 8.88. The van der Waals surface area contributed by atoms with E-state index in [0.29, 0.717) is 0 Å². The Balaban J connectivity index is 2.29. The minimum Gasteiger partial charge on any atom is -0.492 e. The molecule has 0 aliphatic rings. The van der Waals surface area contributed by atoms with Gasteiger partial charge in [-0.15, -0.1) is 0 Å². The van der Waals surface area contributed by atoms with Crippen molar-refractivity contribution in [3.8, 4) is 5.75 Å². The van der Waals surface area contributed by atoms with E-state index in [1.807, 2.05) is 18.2 Å². The molecular weight excluding hydrogens is 367 g/mol. The van der Waals surface area contributed by atoms with E-state index in [9.17, 15) is 0 Å². The maximum Gasteiger partial charge on any atom is 0.132 e. The van der Waals surface area contributed by atoms with Gasteiger partial charge in [-0.1, -0.05) is 35.0 Å². The molecule has 0 saturated carbocycles. The van der Waals surface area contributed by atoms with Crippen LogP contribution in [-0.2, 0) is 0 Å². The van der Waals surface area contributed by atoms with E-state index < -0.39 is 0 Å². The van der Waals surface area contributed by atoms with Crippen LogP contribution in [0.4, 0.5) is 0 Å². The summed E-state index contributed by atoms with van der Waals surface area (Å²) < 4.78 is 6.91. The largest absolute Gasteiger partial charge is 0.492 e. The van der Waals surface area contributed by atoms with Crippen molar-refractivity contribution in [1.29, 1.82) is 0 Å². The van der Waals surface area contributed by atoms with Crippen LogP contribution in [0.25, 0.3) is 0 Å². The number of hydrogen-bond donors (Lipinski definition) is 0. The highest BCUT2D eigenvalue weighted by atomic mass is 127. The topological polar surface area (TPSA) is 9.23 Å². The number of ether oxygens (including phenoxy) is 1. The average Bonchev–Trinajstić information content (AvgIpc) is 2.21. The SMILES string of the molecule is CC(CCBr)CCOc1ccccc1I. The van der Waals surface area contributed by atoms with E-state index >= 15 is 0 Å². The first-order chi connectivity index (χ1) is 7.24. The van der Waals surface area contributed by atoms with E-state index in [1.165, 1.54) is 9.99 Å². The Morgan fingerprint density at radius 2 is 2.07 bits per heavy atom. The summed E-state index contributed by atoms with van der Waals surface area (Å²) in [5.41, 5.74) is 0. The number of hydrogen-bond acceptors (Lipinski definition) is 1. The zero-order chi connectivity index (χ0) is 11.1. The highest BCUT2D eigenvalue weighted by molar-refractivity contribution is 14.1. The molecule has 0 bridgehead atoms. The lowest BCUT2D eigenvalue weighted by Gasteiger charge is -2.11. The molecular formula is C12H16BrIO. The van der Waals surface area contributed by atoms with Crippen molar-refractivity contribution in [2.24, 2.45) is 5.92 Å². The Bertz CT molecular complexity index is 291. The summed E-state index contributed by atoms with van der Waals surface area (Å²) in [7, 11) is 0. The van der Waals surface area contributed by atoms with Gasteiger partial charge in [-0.2, -0.15) is 0 Å². The maximum absolute atomic E-state index is 5.73. The fraction of sp³-hybridized carbons (Fsp3) is 0.500. The van der Waals surface area contributed by atoms with Crippen molar-refractivity contribution in [3.63, 3.8) is 0 Å². The monoisotopic (exact) mass is 382 g/mol. The fourth-order valence-corrected chi connectivity index (χ4v) is 2.59. The summed E-state index contributed by atoms with van der Waals surface area (Å²) in [5, 5.41) is 1.08. The standard InChI is InChI=1S/C12H16BrIO/c1-10(6-8-13)7-9-15-12-5-3-2-4-11(12)14/h2-5,10H,6-9H2,1H3. The number of alkyl halides is 1. The van der Waals surface area contributed by atoms with Crippen molar-refractivity contribution in [3.05, 3.63) is 27.8 Å². The third-order valence-electron chi connectivity index (χ3n) is 2.31. The predicted octanol–water partition coefficient (Wildman–Crippen LogP) is 4.48. The molecule has 1 aromatic carbocycles. The lowest BCUT2D eigenvalue weighted by molar-refractivity contribution is 0.280. The molecule has 1 nitrogen and oxygen atoms in total. The summed E-state index contributed by atoms with van der Waals surface area (Å²) in [4.78, 5) is 0. The Labute approximate surface area is 114 Å². The molecule has 0 aliphatic carbocycles. The van der Waals surface area contributed by atoms with E-state index in [2.05, 4.69) is 51.5 Å². The van der Waals surface area contributed by atoms with Gasteiger partial charge in [0.1, 0.15) is 5.75 Å². The number of halogens is 2. The molecule has 0 spiro atoms. The Morgan fingerprint density at radius 3 is 2.73 bits per heavy atom. The van der Waals surface area contributed by atoms with Crippen LogP contribution in [0.3, 0.4) is 0 Å². The maximum atomic E-state index is 5.73. The third-order valence-corrected chi connectivity index (χ3v) is 3.66. The van der Waals surface area contributed by atoms with E-state index in [0.717, 1.165) is 30.0 Å².